The van der Waals surface area contributed by atoms with Crippen LogP contribution in [-0.4, -0.2) is 55.4 Å². The quantitative estimate of drug-likeness (QED) is 0.589. The van der Waals surface area contributed by atoms with Crippen LogP contribution in [0.3, 0.4) is 0 Å². The van der Waals surface area contributed by atoms with E-state index in [0.29, 0.717) is 48.8 Å². The Morgan fingerprint density at radius 2 is 1.92 bits per heavy atom. The molecule has 2 heterocycles. The number of aliphatic imine (C=N–C) groups is 2. The first-order valence-corrected chi connectivity index (χ1v) is 12.5. The molecular weight excluding hydrogens is 456 g/mol. The van der Waals surface area contributed by atoms with Crippen LogP contribution in [-0.2, 0) is 27.2 Å². The van der Waals surface area contributed by atoms with E-state index in [1.165, 1.54) is 17.7 Å². The molecule has 2 atom stereocenters. The summed E-state index contributed by atoms with van der Waals surface area (Å²) in [7, 11) is 1.66. The molecule has 2 unspecified atom stereocenters. The molecule has 8 heteroatoms. The Kier molecular flexibility index (Phi) is 6.93. The predicted molar refractivity (Wildman–Crippen MR) is 138 cm³/mol. The molecule has 2 aliphatic heterocycles. The molecule has 0 bridgehead atoms. The molecule has 2 amide bonds. The van der Waals surface area contributed by atoms with Gasteiger partial charge in [-0.05, 0) is 54.9 Å². The first kappa shape index (κ1) is 23.9. The zero-order valence-electron chi connectivity index (χ0n) is 20.4. The van der Waals surface area contributed by atoms with Crippen molar-refractivity contribution in [2.45, 2.75) is 50.6 Å². The number of amidine groups is 1. The van der Waals surface area contributed by atoms with Gasteiger partial charge in [0.05, 0.1) is 11.7 Å². The largest absolute Gasteiger partial charge is 0.489 e. The third kappa shape index (κ3) is 5.70. The van der Waals surface area contributed by atoms with Crippen molar-refractivity contribution in [3.63, 3.8) is 0 Å². The number of carbonyl (C=O) groups is 3. The van der Waals surface area contributed by atoms with Crippen molar-refractivity contribution in [1.29, 1.82) is 0 Å². The van der Waals surface area contributed by atoms with E-state index in [1.54, 1.807) is 13.3 Å². The van der Waals surface area contributed by atoms with Gasteiger partial charge in [0.2, 0.25) is 5.84 Å². The molecule has 0 spiro atoms. The number of aryl methyl sites for hydroxylation is 1. The Morgan fingerprint density at radius 3 is 2.69 bits per heavy atom. The number of fused-ring (bicyclic) bond motifs is 1. The van der Waals surface area contributed by atoms with Crippen molar-refractivity contribution in [3.05, 3.63) is 59.7 Å². The average Bonchev–Trinajstić information content (AvgIpc) is 3.60. The van der Waals surface area contributed by atoms with E-state index in [4.69, 9.17) is 4.74 Å². The van der Waals surface area contributed by atoms with Crippen LogP contribution >= 0.6 is 0 Å². The number of benzene rings is 2. The number of nitrogens with one attached hydrogen (secondary N) is 1. The lowest BCUT2D eigenvalue weighted by Gasteiger charge is -2.20. The van der Waals surface area contributed by atoms with Gasteiger partial charge in [0.25, 0.3) is 11.8 Å². The van der Waals surface area contributed by atoms with Crippen molar-refractivity contribution in [2.75, 3.05) is 18.6 Å². The SMILES string of the molecule is CN1C(=O)C(NC(=O)C2=NC(Cc3ccccc3)C=N2)COc2ccc(CCC(=O)CC3CC3)cc21. The maximum atomic E-state index is 13.2. The molecule has 1 saturated carbocycles. The van der Waals surface area contributed by atoms with E-state index in [1.807, 2.05) is 48.5 Å². The van der Waals surface area contributed by atoms with Crippen LogP contribution in [0.15, 0.2) is 58.5 Å². The number of ketones is 1. The van der Waals surface area contributed by atoms with Crippen LogP contribution in [0.1, 0.15) is 36.8 Å². The summed E-state index contributed by atoms with van der Waals surface area (Å²) in [6.07, 6.45) is 6.45. The smallest absolute Gasteiger partial charge is 0.289 e. The van der Waals surface area contributed by atoms with Gasteiger partial charge in [0.1, 0.15) is 24.2 Å². The van der Waals surface area contributed by atoms with Crippen LogP contribution in [0, 0.1) is 5.92 Å². The number of likely N-dealkylation sites (N-methyl/N-ethyl adjacent to an activating group) is 1. The lowest BCUT2D eigenvalue weighted by atomic mass is 10.0. The van der Waals surface area contributed by atoms with Gasteiger partial charge in [-0.25, -0.2) is 4.99 Å². The third-order valence-corrected chi connectivity index (χ3v) is 6.78. The first-order chi connectivity index (χ1) is 17.5. The van der Waals surface area contributed by atoms with Gasteiger partial charge in [0, 0.05) is 26.1 Å². The van der Waals surface area contributed by atoms with Gasteiger partial charge in [0.15, 0.2) is 0 Å². The Bertz CT molecular complexity index is 1220. The molecule has 0 saturated heterocycles. The zero-order valence-corrected chi connectivity index (χ0v) is 20.4. The Hall–Kier alpha value is -3.81. The summed E-state index contributed by atoms with van der Waals surface area (Å²) in [5.74, 6) is 0.718. The number of hydrogen-bond donors (Lipinski definition) is 1. The maximum Gasteiger partial charge on any atom is 0.289 e. The van der Waals surface area contributed by atoms with Crippen molar-refractivity contribution in [2.24, 2.45) is 15.9 Å². The number of carbonyl (C=O) groups excluding carboxylic acids is 3. The highest BCUT2D eigenvalue weighted by Gasteiger charge is 2.32. The summed E-state index contributed by atoms with van der Waals surface area (Å²) in [5.41, 5.74) is 2.71. The Labute approximate surface area is 210 Å². The number of amides is 2. The van der Waals surface area contributed by atoms with Crippen molar-refractivity contribution >= 4 is 35.3 Å². The standard InChI is InChI=1S/C28H30N4O4/c1-32-24-15-20(9-11-22(33)14-19-7-8-19)10-12-25(24)36-17-23(28(32)35)31-27(34)26-29-16-21(30-26)13-18-5-3-2-4-6-18/h2-6,10,12,15-16,19,21,23H,7-9,11,13-14,17H2,1H3,(H,31,34). The summed E-state index contributed by atoms with van der Waals surface area (Å²) >= 11 is 0. The normalized spacial score (nSPS) is 20.9. The minimum atomic E-state index is -0.871. The molecule has 3 aliphatic rings. The average molecular weight is 487 g/mol. The lowest BCUT2D eigenvalue weighted by Crippen LogP contribution is -2.50. The second kappa shape index (κ2) is 10.4. The van der Waals surface area contributed by atoms with E-state index in [-0.39, 0.29) is 24.4 Å². The first-order valence-electron chi connectivity index (χ1n) is 12.5. The third-order valence-electron chi connectivity index (χ3n) is 6.78. The fourth-order valence-electron chi connectivity index (χ4n) is 4.51. The summed E-state index contributed by atoms with van der Waals surface area (Å²) in [4.78, 5) is 48.2. The van der Waals surface area contributed by atoms with E-state index >= 15 is 0 Å². The van der Waals surface area contributed by atoms with Gasteiger partial charge < -0.3 is 15.0 Å². The number of rotatable bonds is 9. The number of nitrogens with zero attached hydrogens (tertiary/aromatic N) is 3. The van der Waals surface area contributed by atoms with E-state index in [0.717, 1.165) is 11.1 Å². The van der Waals surface area contributed by atoms with Crippen LogP contribution in [0.5, 0.6) is 5.75 Å². The van der Waals surface area contributed by atoms with Gasteiger partial charge in [-0.2, -0.15) is 0 Å². The van der Waals surface area contributed by atoms with Crippen LogP contribution in [0.2, 0.25) is 0 Å². The maximum absolute atomic E-state index is 13.2. The van der Waals surface area contributed by atoms with Gasteiger partial charge in [-0.3, -0.25) is 19.4 Å². The summed E-state index contributed by atoms with van der Waals surface area (Å²) < 4.78 is 5.88. The molecule has 1 aliphatic carbocycles. The fraction of sp³-hybridized carbons (Fsp3) is 0.393. The predicted octanol–water partition coefficient (Wildman–Crippen LogP) is 2.92. The van der Waals surface area contributed by atoms with Crippen LogP contribution in [0.25, 0.3) is 0 Å². The minimum Gasteiger partial charge on any atom is -0.489 e. The fourth-order valence-corrected chi connectivity index (χ4v) is 4.51. The van der Waals surface area contributed by atoms with Crippen molar-refractivity contribution < 1.29 is 19.1 Å². The molecular formula is C28H30N4O4. The highest BCUT2D eigenvalue weighted by Crippen LogP contribution is 2.34. The van der Waals surface area contributed by atoms with Gasteiger partial charge >= 0.3 is 0 Å². The molecule has 5 rings (SSSR count). The van der Waals surface area contributed by atoms with Crippen molar-refractivity contribution in [1.82, 2.24) is 5.32 Å². The number of hydrogen-bond acceptors (Lipinski definition) is 6. The Morgan fingerprint density at radius 1 is 1.11 bits per heavy atom. The molecule has 2 aromatic carbocycles. The van der Waals surface area contributed by atoms with Gasteiger partial charge in [-0.15, -0.1) is 0 Å². The van der Waals surface area contributed by atoms with Gasteiger partial charge in [-0.1, -0.05) is 36.4 Å². The molecule has 0 radical (unpaired) electrons. The van der Waals surface area contributed by atoms with Crippen LogP contribution in [0.4, 0.5) is 5.69 Å². The summed E-state index contributed by atoms with van der Waals surface area (Å²) in [6, 6.07) is 14.4. The lowest BCUT2D eigenvalue weighted by molar-refractivity contribution is -0.124. The number of ether oxygens (including phenoxy) is 1. The molecule has 1 N–H and O–H groups in total. The monoisotopic (exact) mass is 486 g/mol. The second-order valence-electron chi connectivity index (χ2n) is 9.71. The summed E-state index contributed by atoms with van der Waals surface area (Å²) in [5, 5.41) is 2.73. The van der Waals surface area contributed by atoms with E-state index in [9.17, 15) is 14.4 Å². The van der Waals surface area contributed by atoms with Crippen molar-refractivity contribution in [3.8, 4) is 5.75 Å². The highest BCUT2D eigenvalue weighted by atomic mass is 16.5. The van der Waals surface area contributed by atoms with E-state index < -0.39 is 11.9 Å². The Balaban J connectivity index is 1.19. The van der Waals surface area contributed by atoms with E-state index in [2.05, 4.69) is 15.3 Å². The molecule has 0 aromatic heterocycles. The number of anilines is 1. The van der Waals surface area contributed by atoms with Crippen LogP contribution < -0.4 is 15.0 Å². The highest BCUT2D eigenvalue weighted by molar-refractivity contribution is 6.41. The summed E-state index contributed by atoms with van der Waals surface area (Å²) in [6.45, 7) is 0.00553. The topological polar surface area (TPSA) is 100 Å². The second-order valence-corrected chi connectivity index (χ2v) is 9.71. The number of Topliss-reactive ketones (excluding diaryl/α,β-unsaturated/α-hetero) is 1. The molecule has 186 valence electrons. The molecule has 2 aromatic rings. The molecule has 36 heavy (non-hydrogen) atoms. The molecule has 1 fully saturated rings. The zero-order chi connectivity index (χ0) is 25.1. The minimum absolute atomic E-state index is 0.00553. The molecule has 8 nitrogen and oxygen atoms in total.